The number of nitrogens with zero attached hydrogens (tertiary/aromatic N) is 2. The number of benzene rings is 4. The van der Waals surface area contributed by atoms with Crippen molar-refractivity contribution in [2.75, 3.05) is 10.6 Å². The first kappa shape index (κ1) is 28.2. The summed E-state index contributed by atoms with van der Waals surface area (Å²) in [4.78, 5) is 49.5. The van der Waals surface area contributed by atoms with Gasteiger partial charge in [-0.2, -0.15) is 0 Å². The summed E-state index contributed by atoms with van der Waals surface area (Å²) in [5, 5.41) is 7.28. The number of aromatic amines is 1. The number of anilines is 2. The molecule has 0 saturated carbocycles. The molecule has 44 heavy (non-hydrogen) atoms. The van der Waals surface area contributed by atoms with Crippen LogP contribution in [0.15, 0.2) is 91.4 Å². The molecule has 0 atom stereocenters. The predicted molar refractivity (Wildman–Crippen MR) is 166 cm³/mol. The van der Waals surface area contributed by atoms with Gasteiger partial charge >= 0.3 is 0 Å². The minimum atomic E-state index is -0.607. The summed E-state index contributed by atoms with van der Waals surface area (Å²) in [5.74, 6) is -1.71. The van der Waals surface area contributed by atoms with E-state index < -0.39 is 17.6 Å². The molecule has 2 aromatic heterocycles. The average molecular weight is 588 g/mol. The maximum atomic E-state index is 13.4. The lowest BCUT2D eigenvalue weighted by atomic mass is 9.92. The highest BCUT2D eigenvalue weighted by Crippen LogP contribution is 2.40. The molecule has 10 nitrogen and oxygen atoms in total. The van der Waals surface area contributed by atoms with Crippen LogP contribution in [0.3, 0.4) is 0 Å². The maximum absolute atomic E-state index is 13.4. The van der Waals surface area contributed by atoms with Gasteiger partial charge in [0.15, 0.2) is 0 Å². The molecule has 0 unspecified atom stereocenters. The summed E-state index contributed by atoms with van der Waals surface area (Å²) in [6, 6.07) is 19.5. The van der Waals surface area contributed by atoms with Crippen LogP contribution < -0.4 is 22.1 Å². The van der Waals surface area contributed by atoms with Gasteiger partial charge in [0.05, 0.1) is 23.2 Å². The lowest BCUT2D eigenvalue weighted by Gasteiger charge is -2.16. The second-order valence-corrected chi connectivity index (χ2v) is 10.1. The van der Waals surface area contributed by atoms with Gasteiger partial charge in [0, 0.05) is 58.4 Å². The van der Waals surface area contributed by atoms with Crippen LogP contribution in [-0.2, 0) is 17.8 Å². The fraction of sp³-hybridized carbons (Fsp3) is 0.0606. The van der Waals surface area contributed by atoms with Crippen molar-refractivity contribution >= 4 is 50.9 Å². The number of carbonyl (C=O) groups is 3. The van der Waals surface area contributed by atoms with Crippen LogP contribution >= 0.6 is 0 Å². The first-order valence-corrected chi connectivity index (χ1v) is 13.6. The van der Waals surface area contributed by atoms with Crippen molar-refractivity contribution in [3.8, 4) is 11.1 Å². The quantitative estimate of drug-likeness (QED) is 0.170. The third-order valence-corrected chi connectivity index (χ3v) is 7.29. The number of nitrogens with two attached hydrogens (primary N) is 2. The topological polar surface area (TPSA) is 169 Å². The number of fused-ring (bicyclic) bond motifs is 3. The molecule has 0 radical (unpaired) electrons. The van der Waals surface area contributed by atoms with Crippen molar-refractivity contribution in [2.24, 2.45) is 11.5 Å². The number of hydrogen-bond acceptors (Lipinski definition) is 6. The molecule has 6 rings (SSSR count). The van der Waals surface area contributed by atoms with Crippen molar-refractivity contribution in [3.05, 3.63) is 120 Å². The zero-order valence-electron chi connectivity index (χ0n) is 23.2. The Balaban J connectivity index is 1.41. The van der Waals surface area contributed by atoms with Gasteiger partial charge in [-0.25, -0.2) is 4.39 Å². The van der Waals surface area contributed by atoms with Gasteiger partial charge in [-0.3, -0.25) is 24.4 Å². The first-order valence-electron chi connectivity index (χ1n) is 13.6. The smallest absolute Gasteiger partial charge is 0.255 e. The molecule has 0 spiro atoms. The lowest BCUT2D eigenvalue weighted by molar-refractivity contribution is -0.115. The molecule has 0 aliphatic carbocycles. The summed E-state index contributed by atoms with van der Waals surface area (Å²) in [6.07, 6.45) is 4.66. The van der Waals surface area contributed by atoms with Gasteiger partial charge < -0.3 is 27.1 Å². The molecule has 0 bridgehead atoms. The van der Waals surface area contributed by atoms with Gasteiger partial charge in [-0.1, -0.05) is 24.3 Å². The van der Waals surface area contributed by atoms with Crippen molar-refractivity contribution in [3.63, 3.8) is 0 Å². The monoisotopic (exact) mass is 587 g/mol. The molecule has 0 saturated heterocycles. The Labute approximate surface area is 250 Å². The summed E-state index contributed by atoms with van der Waals surface area (Å²) in [6.45, 7) is 0.0958. The average Bonchev–Trinajstić information content (AvgIpc) is 3.40. The number of rotatable bonds is 8. The highest BCUT2D eigenvalue weighted by molar-refractivity contribution is 6.20. The molecular weight excluding hydrogens is 561 g/mol. The zero-order chi connectivity index (χ0) is 30.8. The molecule has 11 heteroatoms. The van der Waals surface area contributed by atoms with Crippen molar-refractivity contribution in [1.82, 2.24) is 15.0 Å². The van der Waals surface area contributed by atoms with E-state index in [2.05, 4.69) is 25.6 Å². The van der Waals surface area contributed by atoms with E-state index in [0.29, 0.717) is 44.8 Å². The molecule has 2 heterocycles. The predicted octanol–water partition coefficient (Wildman–Crippen LogP) is 4.91. The number of H-pyrrole nitrogens is 1. The molecule has 0 aliphatic heterocycles. The number of nitrogens with one attached hydrogen (secondary N) is 3. The third kappa shape index (κ3) is 5.46. The van der Waals surface area contributed by atoms with Crippen LogP contribution in [0.25, 0.3) is 32.9 Å². The molecule has 4 aromatic carbocycles. The summed E-state index contributed by atoms with van der Waals surface area (Å²) >= 11 is 0. The molecular formula is C33H26FN7O3. The Morgan fingerprint density at radius 3 is 2.45 bits per heavy atom. The number of hydrogen-bond donors (Lipinski definition) is 5. The fourth-order valence-corrected chi connectivity index (χ4v) is 5.28. The first-order chi connectivity index (χ1) is 21.3. The Morgan fingerprint density at radius 1 is 0.909 bits per heavy atom. The highest BCUT2D eigenvalue weighted by Gasteiger charge is 2.20. The molecule has 3 amide bonds. The largest absolute Gasteiger partial charge is 0.366 e. The van der Waals surface area contributed by atoms with Gasteiger partial charge in [0.25, 0.3) is 11.8 Å². The minimum absolute atomic E-state index is 0.0600. The summed E-state index contributed by atoms with van der Waals surface area (Å²) in [7, 11) is 0. The maximum Gasteiger partial charge on any atom is 0.255 e. The van der Waals surface area contributed by atoms with E-state index in [1.807, 2.05) is 12.1 Å². The number of primary amides is 1. The third-order valence-electron chi connectivity index (χ3n) is 7.29. The molecule has 7 N–H and O–H groups in total. The fourth-order valence-electron chi connectivity index (χ4n) is 5.28. The van der Waals surface area contributed by atoms with Crippen molar-refractivity contribution < 1.29 is 18.8 Å². The molecule has 218 valence electrons. The minimum Gasteiger partial charge on any atom is -0.366 e. The van der Waals surface area contributed by atoms with E-state index in [9.17, 15) is 18.8 Å². The van der Waals surface area contributed by atoms with E-state index in [0.717, 1.165) is 21.9 Å². The van der Waals surface area contributed by atoms with Gasteiger partial charge in [0.2, 0.25) is 5.91 Å². The van der Waals surface area contributed by atoms with Gasteiger partial charge in [0.1, 0.15) is 5.82 Å². The highest BCUT2D eigenvalue weighted by atomic mass is 19.1. The van der Waals surface area contributed by atoms with Crippen LogP contribution in [0.2, 0.25) is 0 Å². The standard InChI is InChI=1S/C33H26FN7O3/c34-19-6-4-18(5-7-19)33(44)41-27-3-1-2-22(26(27)16-35)23-10-11-25(32(36)43)31-30(23)24-9-8-20(14-28(24)40-31)39-29(42)15-21-17-37-12-13-38-21/h1-14,17,40H,15-16,35H2,(H2,36,43)(H,39,42)(H,41,44). The molecule has 0 fully saturated rings. The van der Waals surface area contributed by atoms with Crippen LogP contribution in [0.5, 0.6) is 0 Å². The number of amides is 3. The summed E-state index contributed by atoms with van der Waals surface area (Å²) in [5.41, 5.74) is 17.5. The van der Waals surface area contributed by atoms with E-state index in [4.69, 9.17) is 11.5 Å². The Hall–Kier alpha value is -5.94. The Kier molecular flexibility index (Phi) is 7.52. The summed E-state index contributed by atoms with van der Waals surface area (Å²) < 4.78 is 13.4. The van der Waals surface area contributed by atoms with Crippen LogP contribution in [-0.4, -0.2) is 32.7 Å². The van der Waals surface area contributed by atoms with E-state index in [1.54, 1.807) is 36.4 Å². The van der Waals surface area contributed by atoms with Crippen LogP contribution in [0.4, 0.5) is 15.8 Å². The van der Waals surface area contributed by atoms with Gasteiger partial charge in [-0.05, 0) is 65.2 Å². The Bertz CT molecular complexity index is 2060. The number of halogens is 1. The van der Waals surface area contributed by atoms with Gasteiger partial charge in [-0.15, -0.1) is 0 Å². The van der Waals surface area contributed by atoms with E-state index in [-0.39, 0.29) is 18.9 Å². The zero-order valence-corrected chi connectivity index (χ0v) is 23.2. The SMILES string of the molecule is NCc1c(NC(=O)c2ccc(F)cc2)cccc1-c1ccc(C(N)=O)c2[nH]c3cc(NC(=O)Cc4cnccn4)ccc3c12. The number of aromatic nitrogens is 3. The second-order valence-electron chi connectivity index (χ2n) is 10.1. The van der Waals surface area contributed by atoms with Crippen molar-refractivity contribution in [1.29, 1.82) is 0 Å². The van der Waals surface area contributed by atoms with Crippen LogP contribution in [0, 0.1) is 5.82 Å². The normalized spacial score (nSPS) is 11.0. The molecule has 6 aromatic rings. The second kappa shape index (κ2) is 11.7. The van der Waals surface area contributed by atoms with E-state index >= 15 is 0 Å². The molecule has 0 aliphatic rings. The van der Waals surface area contributed by atoms with Crippen LogP contribution in [0.1, 0.15) is 32.0 Å². The lowest BCUT2D eigenvalue weighted by Crippen LogP contribution is -2.15. The Morgan fingerprint density at radius 2 is 1.73 bits per heavy atom. The number of carbonyl (C=O) groups excluding carboxylic acids is 3. The van der Waals surface area contributed by atoms with E-state index in [1.165, 1.54) is 42.9 Å². The van der Waals surface area contributed by atoms with Crippen molar-refractivity contribution in [2.45, 2.75) is 13.0 Å².